The maximum atomic E-state index is 5.71. The molecule has 0 heterocycles. The van der Waals surface area contributed by atoms with Crippen molar-refractivity contribution in [1.82, 2.24) is 5.43 Å². The molecule has 0 bridgehead atoms. The Bertz CT molecular complexity index is 333. The molecule has 1 atom stereocenters. The van der Waals surface area contributed by atoms with Crippen molar-refractivity contribution < 1.29 is 4.74 Å². The molecular weight excluding hydrogens is 236 g/mol. The number of hydrazine groups is 1. The van der Waals surface area contributed by atoms with Crippen LogP contribution in [0, 0.1) is 5.92 Å². The summed E-state index contributed by atoms with van der Waals surface area (Å²) in [6.07, 6.45) is 4.51. The first-order chi connectivity index (χ1) is 9.26. The monoisotopic (exact) mass is 264 g/mol. The quantitative estimate of drug-likeness (QED) is 0.405. The SMILES string of the molecule is CCCCOc1ccc(C(NN)C(CC)CC)cc1. The van der Waals surface area contributed by atoms with Gasteiger partial charge in [-0.1, -0.05) is 52.2 Å². The van der Waals surface area contributed by atoms with Crippen LogP contribution >= 0.6 is 0 Å². The third-order valence-corrected chi connectivity index (χ3v) is 3.71. The van der Waals surface area contributed by atoms with Crippen molar-refractivity contribution in [3.8, 4) is 5.75 Å². The Morgan fingerprint density at radius 3 is 2.21 bits per heavy atom. The van der Waals surface area contributed by atoms with E-state index in [9.17, 15) is 0 Å². The van der Waals surface area contributed by atoms with Crippen LogP contribution in [0.25, 0.3) is 0 Å². The van der Waals surface area contributed by atoms with E-state index >= 15 is 0 Å². The average molecular weight is 264 g/mol. The van der Waals surface area contributed by atoms with Crippen LogP contribution in [-0.2, 0) is 0 Å². The fraction of sp³-hybridized carbons (Fsp3) is 0.625. The number of hydrogen-bond donors (Lipinski definition) is 2. The van der Waals surface area contributed by atoms with Gasteiger partial charge >= 0.3 is 0 Å². The van der Waals surface area contributed by atoms with Crippen LogP contribution in [0.15, 0.2) is 24.3 Å². The standard InChI is InChI=1S/C16H28N2O/c1-4-7-12-19-15-10-8-14(9-11-15)16(18-17)13(5-2)6-3/h8-11,13,16,18H,4-7,12,17H2,1-3H3. The van der Waals surface area contributed by atoms with Crippen LogP contribution in [-0.4, -0.2) is 6.61 Å². The van der Waals surface area contributed by atoms with Crippen molar-refractivity contribution in [3.05, 3.63) is 29.8 Å². The molecule has 0 amide bonds. The molecule has 1 unspecified atom stereocenters. The van der Waals surface area contributed by atoms with Crippen LogP contribution in [0.2, 0.25) is 0 Å². The van der Waals surface area contributed by atoms with Gasteiger partial charge in [-0.05, 0) is 30.0 Å². The summed E-state index contributed by atoms with van der Waals surface area (Å²) in [6.45, 7) is 7.38. The lowest BCUT2D eigenvalue weighted by Crippen LogP contribution is -2.33. The molecule has 3 heteroatoms. The van der Waals surface area contributed by atoms with Gasteiger partial charge in [0.15, 0.2) is 0 Å². The van der Waals surface area contributed by atoms with Crippen LogP contribution in [0.3, 0.4) is 0 Å². The molecule has 1 aromatic carbocycles. The summed E-state index contributed by atoms with van der Waals surface area (Å²) >= 11 is 0. The zero-order chi connectivity index (χ0) is 14.1. The molecule has 0 saturated carbocycles. The minimum Gasteiger partial charge on any atom is -0.494 e. The first kappa shape index (κ1) is 16.0. The molecule has 0 radical (unpaired) electrons. The van der Waals surface area contributed by atoms with E-state index in [-0.39, 0.29) is 6.04 Å². The van der Waals surface area contributed by atoms with Gasteiger partial charge in [0.25, 0.3) is 0 Å². The highest BCUT2D eigenvalue weighted by Crippen LogP contribution is 2.27. The number of rotatable bonds is 9. The second-order valence-electron chi connectivity index (χ2n) is 4.99. The number of nitrogens with two attached hydrogens (primary N) is 1. The highest BCUT2D eigenvalue weighted by Gasteiger charge is 2.18. The zero-order valence-corrected chi connectivity index (χ0v) is 12.5. The maximum Gasteiger partial charge on any atom is 0.119 e. The van der Waals surface area contributed by atoms with E-state index in [0.717, 1.165) is 38.0 Å². The van der Waals surface area contributed by atoms with Crippen molar-refractivity contribution in [2.24, 2.45) is 11.8 Å². The summed E-state index contributed by atoms with van der Waals surface area (Å²) in [5.41, 5.74) is 4.19. The Labute approximate surface area is 117 Å². The van der Waals surface area contributed by atoms with Crippen molar-refractivity contribution in [1.29, 1.82) is 0 Å². The summed E-state index contributed by atoms with van der Waals surface area (Å²) in [4.78, 5) is 0. The van der Waals surface area contributed by atoms with Gasteiger partial charge < -0.3 is 4.74 Å². The van der Waals surface area contributed by atoms with Gasteiger partial charge in [0.2, 0.25) is 0 Å². The van der Waals surface area contributed by atoms with Crippen LogP contribution < -0.4 is 16.0 Å². The fourth-order valence-corrected chi connectivity index (χ4v) is 2.37. The topological polar surface area (TPSA) is 47.3 Å². The van der Waals surface area contributed by atoms with E-state index in [1.807, 2.05) is 12.1 Å². The molecule has 0 aliphatic carbocycles. The molecule has 0 aliphatic heterocycles. The summed E-state index contributed by atoms with van der Waals surface area (Å²) in [5, 5.41) is 0. The number of nitrogens with one attached hydrogen (secondary N) is 1. The van der Waals surface area contributed by atoms with Gasteiger partial charge in [-0.15, -0.1) is 0 Å². The highest BCUT2D eigenvalue weighted by atomic mass is 16.5. The molecule has 1 aromatic rings. The fourth-order valence-electron chi connectivity index (χ4n) is 2.37. The first-order valence-corrected chi connectivity index (χ1v) is 7.45. The highest BCUT2D eigenvalue weighted by molar-refractivity contribution is 5.29. The predicted octanol–water partition coefficient (Wildman–Crippen LogP) is 3.81. The Balaban J connectivity index is 2.67. The number of benzene rings is 1. The summed E-state index contributed by atoms with van der Waals surface area (Å²) in [5.74, 6) is 7.22. The maximum absolute atomic E-state index is 5.71. The van der Waals surface area contributed by atoms with E-state index in [0.29, 0.717) is 5.92 Å². The molecule has 0 aliphatic rings. The van der Waals surface area contributed by atoms with Gasteiger partial charge in [-0.25, -0.2) is 0 Å². The van der Waals surface area contributed by atoms with Crippen LogP contribution in [0.5, 0.6) is 5.75 Å². The van der Waals surface area contributed by atoms with Crippen LogP contribution in [0.1, 0.15) is 58.1 Å². The predicted molar refractivity (Wildman–Crippen MR) is 81.0 cm³/mol. The lowest BCUT2D eigenvalue weighted by molar-refractivity contribution is 0.308. The normalized spacial score (nSPS) is 12.7. The molecule has 3 nitrogen and oxygen atoms in total. The summed E-state index contributed by atoms with van der Waals surface area (Å²) in [6, 6.07) is 8.53. The molecule has 1 rings (SSSR count). The third kappa shape index (κ3) is 4.84. The molecule has 3 N–H and O–H groups in total. The first-order valence-electron chi connectivity index (χ1n) is 7.45. The molecule has 108 valence electrons. The van der Waals surface area contributed by atoms with Gasteiger partial charge in [0.1, 0.15) is 5.75 Å². The molecular formula is C16H28N2O. The van der Waals surface area contributed by atoms with Gasteiger partial charge in [0, 0.05) is 6.04 Å². The average Bonchev–Trinajstić information content (AvgIpc) is 2.46. The second kappa shape index (κ2) is 8.94. The Morgan fingerprint density at radius 1 is 1.11 bits per heavy atom. The minimum atomic E-state index is 0.222. The minimum absolute atomic E-state index is 0.222. The lowest BCUT2D eigenvalue weighted by Gasteiger charge is -2.25. The van der Waals surface area contributed by atoms with E-state index < -0.39 is 0 Å². The Kier molecular flexibility index (Phi) is 7.53. The van der Waals surface area contributed by atoms with E-state index in [1.165, 1.54) is 5.56 Å². The molecule has 0 saturated heterocycles. The van der Waals surface area contributed by atoms with Crippen molar-refractivity contribution >= 4 is 0 Å². The zero-order valence-electron chi connectivity index (χ0n) is 12.5. The van der Waals surface area contributed by atoms with Gasteiger partial charge in [0.05, 0.1) is 6.61 Å². The molecule has 19 heavy (non-hydrogen) atoms. The summed E-state index contributed by atoms with van der Waals surface area (Å²) in [7, 11) is 0. The molecule has 0 aromatic heterocycles. The molecule has 0 spiro atoms. The van der Waals surface area contributed by atoms with Crippen molar-refractivity contribution in [2.45, 2.75) is 52.5 Å². The van der Waals surface area contributed by atoms with Gasteiger partial charge in [-0.3, -0.25) is 11.3 Å². The van der Waals surface area contributed by atoms with E-state index in [1.54, 1.807) is 0 Å². The van der Waals surface area contributed by atoms with E-state index in [2.05, 4.69) is 38.3 Å². The third-order valence-electron chi connectivity index (χ3n) is 3.71. The Hall–Kier alpha value is -1.06. The second-order valence-corrected chi connectivity index (χ2v) is 4.99. The Morgan fingerprint density at radius 2 is 1.74 bits per heavy atom. The number of unbranched alkanes of at least 4 members (excludes halogenated alkanes) is 1. The van der Waals surface area contributed by atoms with Crippen LogP contribution in [0.4, 0.5) is 0 Å². The molecule has 0 fully saturated rings. The van der Waals surface area contributed by atoms with E-state index in [4.69, 9.17) is 10.6 Å². The lowest BCUT2D eigenvalue weighted by atomic mass is 9.89. The number of ether oxygens (including phenoxy) is 1. The van der Waals surface area contributed by atoms with Crippen molar-refractivity contribution in [2.75, 3.05) is 6.61 Å². The largest absolute Gasteiger partial charge is 0.494 e. The smallest absolute Gasteiger partial charge is 0.119 e. The number of hydrogen-bond acceptors (Lipinski definition) is 3. The summed E-state index contributed by atoms with van der Waals surface area (Å²) < 4.78 is 5.68. The van der Waals surface area contributed by atoms with Crippen molar-refractivity contribution in [3.63, 3.8) is 0 Å². The van der Waals surface area contributed by atoms with Gasteiger partial charge in [-0.2, -0.15) is 0 Å².